The van der Waals surface area contributed by atoms with Crippen LogP contribution in [0.25, 0.3) is 5.57 Å². The molecule has 0 radical (unpaired) electrons. The molecule has 7 heteroatoms. The van der Waals surface area contributed by atoms with Gasteiger partial charge in [-0.05, 0) is 90.0 Å². The normalized spacial score (nSPS) is 12.7. The molecule has 0 saturated heterocycles. The number of nitroso groups, excluding NO2 is 1. The molecular weight excluding hydrogens is 487 g/mol. The highest BCUT2D eigenvalue weighted by molar-refractivity contribution is 5.83. The molecule has 0 spiro atoms. The van der Waals surface area contributed by atoms with Gasteiger partial charge in [0, 0.05) is 18.8 Å². The van der Waals surface area contributed by atoms with Gasteiger partial charge in [-0.2, -0.15) is 0 Å². The SMILES string of the molecule is C/C=C(\c1cccc(N)c1CC)C(N=O)(c1ccc(C)c(C=N)c1)C(C)(F)F.CC.Cc1ccc(F)cc1. The molecule has 1 atom stereocenters. The maximum atomic E-state index is 15.1. The van der Waals surface area contributed by atoms with Crippen molar-refractivity contribution in [1.29, 1.82) is 5.41 Å². The largest absolute Gasteiger partial charge is 0.398 e. The number of anilines is 1. The molecule has 38 heavy (non-hydrogen) atoms. The number of halogens is 3. The van der Waals surface area contributed by atoms with Gasteiger partial charge in [0.15, 0.2) is 0 Å². The predicted octanol–water partition coefficient (Wildman–Crippen LogP) is 9.02. The van der Waals surface area contributed by atoms with Crippen LogP contribution in [0.3, 0.4) is 0 Å². The second-order valence-corrected chi connectivity index (χ2v) is 8.63. The van der Waals surface area contributed by atoms with Crippen molar-refractivity contribution in [2.75, 3.05) is 5.73 Å². The molecular formula is C31H38F3N3O. The molecule has 3 aromatic rings. The number of nitrogen functional groups attached to an aromatic ring is 1. The van der Waals surface area contributed by atoms with Gasteiger partial charge in [0.1, 0.15) is 5.82 Å². The number of rotatable bonds is 7. The first kappa shape index (κ1) is 32.3. The molecule has 4 nitrogen and oxygen atoms in total. The van der Waals surface area contributed by atoms with Gasteiger partial charge in [-0.3, -0.25) is 0 Å². The van der Waals surface area contributed by atoms with Gasteiger partial charge >= 0.3 is 0 Å². The van der Waals surface area contributed by atoms with Crippen LogP contribution in [0.2, 0.25) is 0 Å². The van der Waals surface area contributed by atoms with E-state index in [1.54, 1.807) is 50.2 Å². The summed E-state index contributed by atoms with van der Waals surface area (Å²) in [6.45, 7) is 11.9. The highest BCUT2D eigenvalue weighted by Gasteiger charge is 2.56. The quantitative estimate of drug-likeness (QED) is 0.183. The summed E-state index contributed by atoms with van der Waals surface area (Å²) in [5, 5.41) is 10.6. The zero-order chi connectivity index (χ0) is 29.1. The first-order chi connectivity index (χ1) is 18.0. The van der Waals surface area contributed by atoms with Gasteiger partial charge in [0.25, 0.3) is 5.92 Å². The molecule has 3 aromatic carbocycles. The van der Waals surface area contributed by atoms with Gasteiger partial charge < -0.3 is 11.1 Å². The summed E-state index contributed by atoms with van der Waals surface area (Å²) in [5.74, 6) is -3.67. The van der Waals surface area contributed by atoms with Crippen molar-refractivity contribution in [3.63, 3.8) is 0 Å². The maximum Gasteiger partial charge on any atom is 0.281 e. The van der Waals surface area contributed by atoms with Crippen LogP contribution in [-0.4, -0.2) is 12.1 Å². The number of nitrogens with one attached hydrogen (secondary N) is 1. The lowest BCUT2D eigenvalue weighted by Gasteiger charge is -2.36. The zero-order valence-electron chi connectivity index (χ0n) is 23.2. The van der Waals surface area contributed by atoms with Crippen LogP contribution in [0.15, 0.2) is 71.9 Å². The fourth-order valence-electron chi connectivity index (χ4n) is 4.19. The minimum absolute atomic E-state index is 0.0386. The van der Waals surface area contributed by atoms with Crippen molar-refractivity contribution >= 4 is 17.5 Å². The van der Waals surface area contributed by atoms with Crippen LogP contribution in [0.5, 0.6) is 0 Å². The van der Waals surface area contributed by atoms with Crippen LogP contribution in [0.4, 0.5) is 18.9 Å². The van der Waals surface area contributed by atoms with Crippen molar-refractivity contribution in [1.82, 2.24) is 0 Å². The lowest BCUT2D eigenvalue weighted by Crippen LogP contribution is -2.43. The maximum absolute atomic E-state index is 15.1. The highest BCUT2D eigenvalue weighted by Crippen LogP contribution is 2.51. The van der Waals surface area contributed by atoms with E-state index in [4.69, 9.17) is 11.1 Å². The van der Waals surface area contributed by atoms with E-state index in [1.165, 1.54) is 30.3 Å². The summed E-state index contributed by atoms with van der Waals surface area (Å²) in [4.78, 5) is 12.2. The Morgan fingerprint density at radius 3 is 2.11 bits per heavy atom. The average Bonchev–Trinajstić information content (AvgIpc) is 2.90. The summed E-state index contributed by atoms with van der Waals surface area (Å²) >= 11 is 0. The van der Waals surface area contributed by atoms with Crippen LogP contribution in [0, 0.1) is 30.0 Å². The molecule has 0 fully saturated rings. The summed E-state index contributed by atoms with van der Waals surface area (Å²) in [5.41, 5.74) is 7.68. The number of alkyl halides is 2. The van der Waals surface area contributed by atoms with Crippen LogP contribution >= 0.6 is 0 Å². The molecule has 204 valence electrons. The number of aryl methyl sites for hydroxylation is 2. The van der Waals surface area contributed by atoms with E-state index < -0.39 is 11.5 Å². The number of hydrogen-bond acceptors (Lipinski definition) is 4. The molecule has 1 unspecified atom stereocenters. The van der Waals surface area contributed by atoms with Crippen molar-refractivity contribution < 1.29 is 13.2 Å². The minimum Gasteiger partial charge on any atom is -0.398 e. The first-order valence-electron chi connectivity index (χ1n) is 12.6. The lowest BCUT2D eigenvalue weighted by molar-refractivity contribution is -0.0344. The van der Waals surface area contributed by atoms with E-state index in [1.807, 2.05) is 27.7 Å². The van der Waals surface area contributed by atoms with Crippen LogP contribution in [0.1, 0.15) is 68.0 Å². The topological polar surface area (TPSA) is 79.3 Å². The predicted molar refractivity (Wildman–Crippen MR) is 154 cm³/mol. The molecule has 0 heterocycles. The minimum atomic E-state index is -3.50. The van der Waals surface area contributed by atoms with Crippen molar-refractivity contribution in [3.05, 3.63) is 111 Å². The summed E-state index contributed by atoms with van der Waals surface area (Å²) in [6, 6.07) is 16.0. The Morgan fingerprint density at radius 2 is 1.66 bits per heavy atom. The number of nitrogens with zero attached hydrogens (tertiary/aromatic N) is 1. The first-order valence-corrected chi connectivity index (χ1v) is 12.6. The molecule has 0 bridgehead atoms. The van der Waals surface area contributed by atoms with Crippen molar-refractivity contribution in [2.45, 2.75) is 66.3 Å². The Bertz CT molecular complexity index is 1230. The van der Waals surface area contributed by atoms with E-state index in [9.17, 15) is 9.30 Å². The monoisotopic (exact) mass is 525 g/mol. The molecule has 3 N–H and O–H groups in total. The standard InChI is InChI=1S/C22H25F2N3O.C7H7F.C2H6/c1-5-17-18(8-7-9-20(17)26)19(6-2)22(27-28,21(4,23)24)16-11-10-14(3)15(12-16)13-25;1-6-2-4-7(8)5-3-6;1-2/h6-13,25H,5,26H2,1-4H3;2-5H,1H3;1-2H3/b19-6+,25-13?;;. The highest BCUT2D eigenvalue weighted by atomic mass is 19.3. The van der Waals surface area contributed by atoms with Gasteiger partial charge in [0.2, 0.25) is 5.54 Å². The van der Waals surface area contributed by atoms with E-state index in [0.29, 0.717) is 35.7 Å². The molecule has 0 aromatic heterocycles. The number of allylic oxidation sites excluding steroid dienone is 1. The van der Waals surface area contributed by atoms with Gasteiger partial charge in [0.05, 0.1) is 0 Å². The Morgan fingerprint density at radius 1 is 1.05 bits per heavy atom. The Kier molecular flexibility index (Phi) is 12.1. The number of nitrogens with two attached hydrogens (primary N) is 1. The van der Waals surface area contributed by atoms with E-state index in [0.717, 1.165) is 17.3 Å². The third-order valence-corrected chi connectivity index (χ3v) is 6.17. The van der Waals surface area contributed by atoms with Crippen LogP contribution < -0.4 is 5.73 Å². The van der Waals surface area contributed by atoms with Gasteiger partial charge in [-0.1, -0.05) is 68.8 Å². The Balaban J connectivity index is 0.000000607. The molecule has 0 saturated carbocycles. The Labute approximate surface area is 224 Å². The molecule has 0 aliphatic heterocycles. The van der Waals surface area contributed by atoms with Crippen molar-refractivity contribution in [2.24, 2.45) is 5.18 Å². The third kappa shape index (κ3) is 6.97. The number of benzene rings is 3. The average molecular weight is 526 g/mol. The molecule has 0 aliphatic rings. The smallest absolute Gasteiger partial charge is 0.281 e. The third-order valence-electron chi connectivity index (χ3n) is 6.17. The van der Waals surface area contributed by atoms with Gasteiger partial charge in [-0.15, -0.1) is 4.91 Å². The Hall–Kier alpha value is -3.74. The fraction of sp³-hybridized carbons (Fsp3) is 0.323. The van der Waals surface area contributed by atoms with Gasteiger partial charge in [-0.25, -0.2) is 13.2 Å². The summed E-state index contributed by atoms with van der Waals surface area (Å²) < 4.78 is 42.3. The second-order valence-electron chi connectivity index (χ2n) is 8.63. The second kappa shape index (κ2) is 14.3. The van der Waals surface area contributed by atoms with E-state index >= 15 is 8.78 Å². The zero-order valence-corrected chi connectivity index (χ0v) is 23.2. The fourth-order valence-corrected chi connectivity index (χ4v) is 4.19. The van der Waals surface area contributed by atoms with E-state index in [2.05, 4.69) is 5.18 Å². The van der Waals surface area contributed by atoms with Crippen LogP contribution in [-0.2, 0) is 12.0 Å². The lowest BCUT2D eigenvalue weighted by atomic mass is 9.73. The van der Waals surface area contributed by atoms with Crippen molar-refractivity contribution in [3.8, 4) is 0 Å². The summed E-state index contributed by atoms with van der Waals surface area (Å²) in [7, 11) is 0. The van der Waals surface area contributed by atoms with E-state index in [-0.39, 0.29) is 17.0 Å². The molecule has 3 rings (SSSR count). The molecule has 0 aliphatic carbocycles. The number of hydrogen-bond donors (Lipinski definition) is 2. The summed E-state index contributed by atoms with van der Waals surface area (Å²) in [6.07, 6.45) is 3.09. The molecule has 0 amide bonds.